The molecule has 0 bridgehead atoms. The minimum Gasteiger partial charge on any atom is -0.481 e. The van der Waals surface area contributed by atoms with Gasteiger partial charge in [-0.1, -0.05) is 13.8 Å². The monoisotopic (exact) mass is 488 g/mol. The second kappa shape index (κ2) is 13.2. The summed E-state index contributed by atoms with van der Waals surface area (Å²) in [7, 11) is 0. The lowest BCUT2D eigenvalue weighted by Crippen LogP contribution is -2.56. The number of carboxylic acid groups (broad SMARTS) is 1. The van der Waals surface area contributed by atoms with Crippen molar-refractivity contribution in [3.05, 3.63) is 0 Å². The van der Waals surface area contributed by atoms with Crippen molar-refractivity contribution in [1.29, 1.82) is 0 Å². The Morgan fingerprint density at radius 3 is 2.12 bits per heavy atom. The van der Waals surface area contributed by atoms with E-state index in [1.165, 1.54) is 13.8 Å². The normalized spacial score (nSPS) is 18.8. The minimum atomic E-state index is -1.13. The molecule has 186 valence electrons. The Hall–Kier alpha value is -2.53. The number of carboxylic acids is 1. The number of carbonyl (C=O) groups excluding carboxylic acids is 5. The molecule has 1 saturated heterocycles. The lowest BCUT2D eigenvalue weighted by atomic mass is 9.97. The van der Waals surface area contributed by atoms with Gasteiger partial charge in [0, 0.05) is 6.42 Å². The average Bonchev–Trinajstić information content (AvgIpc) is 3.20. The maximum Gasteiger partial charge on any atom is 0.303 e. The van der Waals surface area contributed by atoms with Gasteiger partial charge in [0.25, 0.3) is 0 Å². The van der Waals surface area contributed by atoms with Crippen LogP contribution in [-0.4, -0.2) is 82.0 Å². The summed E-state index contributed by atoms with van der Waals surface area (Å²) in [6, 6.07) is -3.27. The zero-order valence-electron chi connectivity index (χ0n) is 19.4. The predicted molar refractivity (Wildman–Crippen MR) is 119 cm³/mol. The van der Waals surface area contributed by atoms with Crippen molar-refractivity contribution in [2.24, 2.45) is 5.92 Å². The van der Waals surface area contributed by atoms with Crippen LogP contribution in [-0.2, 0) is 28.8 Å². The molecule has 1 rings (SSSR count). The van der Waals surface area contributed by atoms with Crippen molar-refractivity contribution in [3.8, 4) is 0 Å². The van der Waals surface area contributed by atoms with E-state index >= 15 is 0 Å². The molecule has 0 aromatic rings. The minimum absolute atomic E-state index is 0.0641. The first-order valence-corrected chi connectivity index (χ1v) is 11.4. The topological polar surface area (TPSA) is 162 Å². The number of hydrogen-bond acceptors (Lipinski definition) is 7. The van der Waals surface area contributed by atoms with Gasteiger partial charge < -0.3 is 15.7 Å². The largest absolute Gasteiger partial charge is 0.481 e. The van der Waals surface area contributed by atoms with Crippen molar-refractivity contribution in [1.82, 2.24) is 20.9 Å². The maximum atomic E-state index is 12.8. The Bertz CT molecular complexity index is 774. The Morgan fingerprint density at radius 1 is 0.970 bits per heavy atom. The molecule has 33 heavy (non-hydrogen) atoms. The molecule has 12 heteroatoms. The van der Waals surface area contributed by atoms with Crippen LogP contribution >= 0.6 is 11.6 Å². The number of nitrogens with one attached hydrogen (secondary N) is 3. The van der Waals surface area contributed by atoms with E-state index in [4.69, 9.17) is 16.7 Å². The number of carbonyl (C=O) groups is 6. The lowest BCUT2D eigenvalue weighted by Gasteiger charge is -2.33. The van der Waals surface area contributed by atoms with E-state index in [0.29, 0.717) is 19.4 Å². The number of ketones is 1. The Balaban J connectivity index is 2.65. The third kappa shape index (κ3) is 8.73. The van der Waals surface area contributed by atoms with E-state index in [9.17, 15) is 28.8 Å². The molecule has 0 aromatic heterocycles. The van der Waals surface area contributed by atoms with E-state index in [1.54, 1.807) is 4.90 Å². The van der Waals surface area contributed by atoms with Crippen molar-refractivity contribution in [2.45, 2.75) is 77.5 Å². The molecule has 4 N–H and O–H groups in total. The number of aliphatic carboxylic acids is 1. The van der Waals surface area contributed by atoms with Gasteiger partial charge in [-0.2, -0.15) is 0 Å². The predicted octanol–water partition coefficient (Wildman–Crippen LogP) is -0.200. The fraction of sp³-hybridized carbons (Fsp3) is 0.714. The van der Waals surface area contributed by atoms with Gasteiger partial charge in [-0.15, -0.1) is 11.6 Å². The van der Waals surface area contributed by atoms with Crippen molar-refractivity contribution in [2.75, 3.05) is 12.4 Å². The van der Waals surface area contributed by atoms with Crippen LogP contribution < -0.4 is 16.0 Å². The molecule has 0 spiro atoms. The Kier molecular flexibility index (Phi) is 11.4. The van der Waals surface area contributed by atoms with Gasteiger partial charge in [-0.05, 0) is 39.2 Å². The van der Waals surface area contributed by atoms with Gasteiger partial charge in [0.2, 0.25) is 23.6 Å². The zero-order chi connectivity index (χ0) is 25.3. The quantitative estimate of drug-likeness (QED) is 0.274. The number of alkyl halides is 1. The number of rotatable bonds is 12. The second-order valence-corrected chi connectivity index (χ2v) is 8.72. The molecule has 0 unspecified atom stereocenters. The van der Waals surface area contributed by atoms with Crippen LogP contribution in [0, 0.1) is 5.92 Å². The highest BCUT2D eigenvalue weighted by Crippen LogP contribution is 2.25. The van der Waals surface area contributed by atoms with E-state index in [0.717, 1.165) is 0 Å². The first kappa shape index (κ1) is 28.5. The number of halogens is 1. The number of amides is 4. The fourth-order valence-electron chi connectivity index (χ4n) is 3.74. The fourth-order valence-corrected chi connectivity index (χ4v) is 3.90. The van der Waals surface area contributed by atoms with Crippen LogP contribution in [0.5, 0.6) is 0 Å². The summed E-state index contributed by atoms with van der Waals surface area (Å²) in [5.41, 5.74) is 0. The van der Waals surface area contributed by atoms with E-state index in [2.05, 4.69) is 16.0 Å². The van der Waals surface area contributed by atoms with Gasteiger partial charge in [0.1, 0.15) is 12.1 Å². The molecule has 11 nitrogen and oxygen atoms in total. The third-order valence-corrected chi connectivity index (χ3v) is 5.65. The number of nitrogens with zero attached hydrogens (tertiary/aromatic N) is 1. The smallest absolute Gasteiger partial charge is 0.303 e. The second-order valence-electron chi connectivity index (χ2n) is 8.45. The van der Waals surface area contributed by atoms with E-state index in [1.807, 2.05) is 13.8 Å². The van der Waals surface area contributed by atoms with Crippen LogP contribution in [0.2, 0.25) is 0 Å². The molecule has 4 atom stereocenters. The number of Topliss-reactive ketones (excluding diaryl/α,β-unsaturated/α-hetero) is 1. The molecule has 0 radical (unpaired) electrons. The first-order valence-electron chi connectivity index (χ1n) is 10.9. The summed E-state index contributed by atoms with van der Waals surface area (Å²) in [6.07, 6.45) is 0.529. The van der Waals surface area contributed by atoms with E-state index < -0.39 is 53.8 Å². The molecule has 1 aliphatic rings. The third-order valence-electron chi connectivity index (χ3n) is 5.38. The highest BCUT2D eigenvalue weighted by atomic mass is 35.5. The molecule has 0 saturated carbocycles. The molecular formula is C21H33ClN4O7. The summed E-state index contributed by atoms with van der Waals surface area (Å²) in [5, 5.41) is 15.6. The molecule has 0 aromatic carbocycles. The number of imide groups is 1. The highest BCUT2D eigenvalue weighted by molar-refractivity contribution is 6.28. The van der Waals surface area contributed by atoms with Gasteiger partial charge in [0.05, 0.1) is 24.4 Å². The van der Waals surface area contributed by atoms with Crippen molar-refractivity contribution >= 4 is 47.0 Å². The standard InChI is InChI=1S/C21H33ClN4O7/c1-11(2)18(15(27)10-22)26-9-5-6-14(26)21(33)25-20(32)13(4)24-19(31)12(3)23-16(28)7-8-17(29)30/h11-14,18H,5-10H2,1-4H3,(H,23,28)(H,24,31)(H,29,30)(H,25,32,33)/t12-,13-,14-,18-/m0/s1. The summed E-state index contributed by atoms with van der Waals surface area (Å²) >= 11 is 5.74. The summed E-state index contributed by atoms with van der Waals surface area (Å²) in [4.78, 5) is 73.7. The first-order chi connectivity index (χ1) is 15.4. The van der Waals surface area contributed by atoms with Crippen molar-refractivity contribution in [3.63, 3.8) is 0 Å². The van der Waals surface area contributed by atoms with Crippen LogP contribution in [0.3, 0.4) is 0 Å². The molecule has 4 amide bonds. The Labute approximate surface area is 198 Å². The molecule has 1 aliphatic heterocycles. The zero-order valence-corrected chi connectivity index (χ0v) is 20.1. The summed E-state index contributed by atoms with van der Waals surface area (Å²) in [6.45, 7) is 7.04. The van der Waals surface area contributed by atoms with Gasteiger partial charge in [0.15, 0.2) is 5.78 Å². The van der Waals surface area contributed by atoms with Crippen LogP contribution in [0.25, 0.3) is 0 Å². The lowest BCUT2D eigenvalue weighted by molar-refractivity contribution is -0.139. The molecule has 0 aliphatic carbocycles. The molecule has 1 fully saturated rings. The maximum absolute atomic E-state index is 12.8. The summed E-state index contributed by atoms with van der Waals surface area (Å²) in [5.74, 6) is -4.10. The van der Waals surface area contributed by atoms with Gasteiger partial charge >= 0.3 is 5.97 Å². The van der Waals surface area contributed by atoms with Crippen LogP contribution in [0.1, 0.15) is 53.4 Å². The highest BCUT2D eigenvalue weighted by Gasteiger charge is 2.40. The number of likely N-dealkylation sites (tertiary alicyclic amines) is 1. The molecule has 1 heterocycles. The summed E-state index contributed by atoms with van der Waals surface area (Å²) < 4.78 is 0. The van der Waals surface area contributed by atoms with Crippen LogP contribution in [0.4, 0.5) is 0 Å². The van der Waals surface area contributed by atoms with Gasteiger partial charge in [-0.25, -0.2) is 0 Å². The Morgan fingerprint density at radius 2 is 1.58 bits per heavy atom. The van der Waals surface area contributed by atoms with Gasteiger partial charge in [-0.3, -0.25) is 39.0 Å². The number of hydrogen-bond donors (Lipinski definition) is 4. The van der Waals surface area contributed by atoms with Crippen LogP contribution in [0.15, 0.2) is 0 Å². The average molecular weight is 489 g/mol. The molecular weight excluding hydrogens is 456 g/mol. The van der Waals surface area contributed by atoms with E-state index in [-0.39, 0.29) is 30.4 Å². The van der Waals surface area contributed by atoms with Crippen molar-refractivity contribution < 1.29 is 33.9 Å². The SMILES string of the molecule is CC(C)[C@@H](C(=O)CCl)N1CCC[C@H]1C(=O)NC(=O)[C@H](C)NC(=O)[C@H](C)NC(=O)CCC(=O)O.